The van der Waals surface area contributed by atoms with Crippen molar-refractivity contribution in [1.29, 1.82) is 0 Å². The first-order chi connectivity index (χ1) is 8.61. The summed E-state index contributed by atoms with van der Waals surface area (Å²) in [5.74, 6) is -0.0749. The monoisotopic (exact) mass is 268 g/mol. The van der Waals surface area contributed by atoms with Crippen LogP contribution < -0.4 is 21.7 Å². The molecule has 1 atom stereocenters. The minimum absolute atomic E-state index is 0.0749. The number of nitrogens with one attached hydrogen (secondary N) is 1. The Morgan fingerprint density at radius 2 is 2.44 bits per heavy atom. The molecule has 6 heteroatoms. The number of nitrogens with zero attached hydrogens (tertiary/aromatic N) is 1. The van der Waals surface area contributed by atoms with Crippen LogP contribution in [0.3, 0.4) is 0 Å². The molecule has 1 unspecified atom stereocenters. The second-order valence-electron chi connectivity index (χ2n) is 4.62. The molecule has 1 aromatic rings. The Morgan fingerprint density at radius 3 is 3.06 bits per heavy atom. The van der Waals surface area contributed by atoms with Crippen LogP contribution in [0.5, 0.6) is 0 Å². The predicted molar refractivity (Wildman–Crippen MR) is 76.2 cm³/mol. The number of nitrogens with two attached hydrogens (primary N) is 2. The molecule has 100 valence electrons. The average molecular weight is 268 g/mol. The Kier molecular flexibility index (Phi) is 4.08. The van der Waals surface area contributed by atoms with E-state index in [0.717, 1.165) is 30.9 Å². The summed E-state index contributed by atoms with van der Waals surface area (Å²) in [5, 5.41) is 3.89. The number of hydrogen-bond acceptors (Lipinski definition) is 5. The van der Waals surface area contributed by atoms with Gasteiger partial charge in [0.05, 0.1) is 10.7 Å². The van der Waals surface area contributed by atoms with Gasteiger partial charge in [-0.2, -0.15) is 0 Å². The third-order valence-electron chi connectivity index (χ3n) is 3.03. The molecular weight excluding hydrogens is 248 g/mol. The Hall–Kier alpha value is -1.27. The molecule has 0 aromatic carbocycles. The van der Waals surface area contributed by atoms with Crippen LogP contribution in [0, 0.1) is 0 Å². The van der Waals surface area contributed by atoms with Gasteiger partial charge in [-0.3, -0.25) is 4.79 Å². The van der Waals surface area contributed by atoms with Gasteiger partial charge in [0.15, 0.2) is 0 Å². The van der Waals surface area contributed by atoms with Crippen molar-refractivity contribution in [3.63, 3.8) is 0 Å². The Bertz CT molecular complexity index is 432. The predicted octanol–water partition coefficient (Wildman–Crippen LogP) is 1.01. The third-order valence-corrected chi connectivity index (χ3v) is 4.24. The number of thiophene rings is 1. The molecular formula is C12H20N4OS. The lowest BCUT2D eigenvalue weighted by molar-refractivity contribution is 0.0958. The van der Waals surface area contributed by atoms with Gasteiger partial charge in [-0.1, -0.05) is 6.92 Å². The van der Waals surface area contributed by atoms with Gasteiger partial charge >= 0.3 is 0 Å². The minimum atomic E-state index is -0.0749. The highest BCUT2D eigenvalue weighted by Crippen LogP contribution is 2.33. The van der Waals surface area contributed by atoms with E-state index in [1.165, 1.54) is 11.3 Å². The fourth-order valence-electron chi connectivity index (χ4n) is 2.03. The maximum absolute atomic E-state index is 11.9. The van der Waals surface area contributed by atoms with Gasteiger partial charge in [0.1, 0.15) is 4.88 Å². The molecule has 0 bridgehead atoms. The van der Waals surface area contributed by atoms with Crippen LogP contribution in [-0.4, -0.2) is 31.6 Å². The number of hydrogen-bond donors (Lipinski definition) is 3. The van der Waals surface area contributed by atoms with Gasteiger partial charge in [0.25, 0.3) is 5.91 Å². The maximum atomic E-state index is 11.9. The fourth-order valence-corrected chi connectivity index (χ4v) is 3.06. The molecule has 1 fully saturated rings. The Labute approximate surface area is 111 Å². The largest absolute Gasteiger partial charge is 0.397 e. The van der Waals surface area contributed by atoms with E-state index in [0.29, 0.717) is 17.1 Å². The zero-order valence-electron chi connectivity index (χ0n) is 10.6. The molecule has 1 aliphatic heterocycles. The zero-order chi connectivity index (χ0) is 13.1. The van der Waals surface area contributed by atoms with Gasteiger partial charge in [0, 0.05) is 25.7 Å². The highest BCUT2D eigenvalue weighted by atomic mass is 32.1. The van der Waals surface area contributed by atoms with Crippen LogP contribution in [0.4, 0.5) is 10.7 Å². The highest BCUT2D eigenvalue weighted by molar-refractivity contribution is 7.18. The molecule has 5 nitrogen and oxygen atoms in total. The quantitative estimate of drug-likeness (QED) is 0.761. The first-order valence-corrected chi connectivity index (χ1v) is 7.11. The van der Waals surface area contributed by atoms with E-state index in [2.05, 4.69) is 10.2 Å². The maximum Gasteiger partial charge on any atom is 0.263 e. The van der Waals surface area contributed by atoms with Crippen molar-refractivity contribution in [2.45, 2.75) is 25.8 Å². The number of carbonyl (C=O) groups is 1. The summed E-state index contributed by atoms with van der Waals surface area (Å²) < 4.78 is 0. The summed E-state index contributed by atoms with van der Waals surface area (Å²) in [7, 11) is 0. The van der Waals surface area contributed by atoms with E-state index in [-0.39, 0.29) is 11.9 Å². The molecule has 1 amide bonds. The van der Waals surface area contributed by atoms with Crippen LogP contribution in [0.15, 0.2) is 6.07 Å². The average Bonchev–Trinajstić information content (AvgIpc) is 2.92. The first-order valence-electron chi connectivity index (χ1n) is 6.29. The van der Waals surface area contributed by atoms with E-state index in [4.69, 9.17) is 11.5 Å². The summed E-state index contributed by atoms with van der Waals surface area (Å²) in [6, 6.07) is 2.11. The van der Waals surface area contributed by atoms with E-state index in [9.17, 15) is 4.79 Å². The Balaban J connectivity index is 2.09. The van der Waals surface area contributed by atoms with Gasteiger partial charge in [-0.05, 0) is 18.9 Å². The molecule has 2 heterocycles. The summed E-state index contributed by atoms with van der Waals surface area (Å²) in [6.45, 7) is 4.49. The third kappa shape index (κ3) is 2.76. The van der Waals surface area contributed by atoms with Crippen LogP contribution in [0.2, 0.25) is 0 Å². The second kappa shape index (κ2) is 5.58. The van der Waals surface area contributed by atoms with Gasteiger partial charge in [0.2, 0.25) is 0 Å². The first kappa shape index (κ1) is 13.2. The molecule has 2 rings (SSSR count). The van der Waals surface area contributed by atoms with Crippen molar-refractivity contribution < 1.29 is 4.79 Å². The normalized spacial score (nSPS) is 19.2. The summed E-state index contributed by atoms with van der Waals surface area (Å²) in [6.07, 6.45) is 1.92. The molecule has 0 saturated carbocycles. The number of nitrogen functional groups attached to an aromatic ring is 1. The van der Waals surface area contributed by atoms with Crippen LogP contribution in [0.25, 0.3) is 0 Å². The molecule has 5 N–H and O–H groups in total. The van der Waals surface area contributed by atoms with Crippen LogP contribution >= 0.6 is 11.3 Å². The molecule has 0 radical (unpaired) electrons. The van der Waals surface area contributed by atoms with Gasteiger partial charge in [-0.25, -0.2) is 0 Å². The van der Waals surface area contributed by atoms with Crippen molar-refractivity contribution in [3.8, 4) is 0 Å². The van der Waals surface area contributed by atoms with Crippen LogP contribution in [0.1, 0.15) is 29.4 Å². The van der Waals surface area contributed by atoms with Gasteiger partial charge in [-0.15, -0.1) is 11.3 Å². The van der Waals surface area contributed by atoms with E-state index >= 15 is 0 Å². The van der Waals surface area contributed by atoms with Crippen molar-refractivity contribution in [2.24, 2.45) is 5.73 Å². The highest BCUT2D eigenvalue weighted by Gasteiger charge is 2.23. The number of rotatable bonds is 4. The Morgan fingerprint density at radius 1 is 1.67 bits per heavy atom. The van der Waals surface area contributed by atoms with E-state index in [1.807, 2.05) is 13.0 Å². The molecule has 18 heavy (non-hydrogen) atoms. The summed E-state index contributed by atoms with van der Waals surface area (Å²) in [4.78, 5) is 14.7. The van der Waals surface area contributed by atoms with E-state index < -0.39 is 0 Å². The molecule has 0 aliphatic carbocycles. The summed E-state index contributed by atoms with van der Waals surface area (Å²) >= 11 is 1.45. The lowest BCUT2D eigenvalue weighted by atomic mass is 10.3. The van der Waals surface area contributed by atoms with Crippen molar-refractivity contribution in [2.75, 3.05) is 30.3 Å². The van der Waals surface area contributed by atoms with Crippen molar-refractivity contribution in [1.82, 2.24) is 5.32 Å². The molecule has 1 aromatic heterocycles. The topological polar surface area (TPSA) is 84.4 Å². The summed E-state index contributed by atoms with van der Waals surface area (Å²) in [5.41, 5.74) is 12.4. The number of amides is 1. The molecule has 1 aliphatic rings. The SMILES string of the molecule is CCCNC(=O)c1sc(N2CCC(N)C2)cc1N. The molecule has 1 saturated heterocycles. The van der Waals surface area contributed by atoms with E-state index in [1.54, 1.807) is 0 Å². The number of carbonyl (C=O) groups excluding carboxylic acids is 1. The standard InChI is InChI=1S/C12H20N4OS/c1-2-4-15-12(17)11-9(14)6-10(18-11)16-5-3-8(13)7-16/h6,8H,2-5,7,13-14H2,1H3,(H,15,17). The minimum Gasteiger partial charge on any atom is -0.397 e. The lowest BCUT2D eigenvalue weighted by Gasteiger charge is -2.14. The van der Waals surface area contributed by atoms with Crippen LogP contribution in [-0.2, 0) is 0 Å². The van der Waals surface area contributed by atoms with Crippen molar-refractivity contribution in [3.05, 3.63) is 10.9 Å². The second-order valence-corrected chi connectivity index (χ2v) is 5.65. The smallest absolute Gasteiger partial charge is 0.263 e. The molecule has 0 spiro atoms. The fraction of sp³-hybridized carbons (Fsp3) is 0.583. The number of anilines is 2. The lowest BCUT2D eigenvalue weighted by Crippen LogP contribution is -2.25. The van der Waals surface area contributed by atoms with Crippen molar-refractivity contribution >= 4 is 27.9 Å². The zero-order valence-corrected chi connectivity index (χ0v) is 11.4. The van der Waals surface area contributed by atoms with Gasteiger partial charge < -0.3 is 21.7 Å².